The smallest absolute Gasteiger partial charge is 0.251 e. The van der Waals surface area contributed by atoms with Crippen molar-refractivity contribution in [2.24, 2.45) is 0 Å². The maximum Gasteiger partial charge on any atom is 0.251 e. The molecular weight excluding hydrogens is 350 g/mol. The first-order chi connectivity index (χ1) is 12.6. The minimum absolute atomic E-state index is 0.160. The molecule has 3 aromatic carbocycles. The quantitative estimate of drug-likeness (QED) is 0.581. The van der Waals surface area contributed by atoms with Crippen LogP contribution in [0.5, 0.6) is 0 Å². The van der Waals surface area contributed by atoms with Crippen LogP contribution in [0.4, 0.5) is 5.69 Å². The molecule has 26 heavy (non-hydrogen) atoms. The molecule has 2 amide bonds. The fourth-order valence-corrected chi connectivity index (χ4v) is 2.68. The number of benzene rings is 3. The fraction of sp³-hybridized carbons (Fsp3) is 0.100. The molecule has 0 fully saturated rings. The van der Waals surface area contributed by atoms with Gasteiger partial charge in [-0.3, -0.25) is 20.4 Å². The van der Waals surface area contributed by atoms with Crippen LogP contribution in [0.1, 0.15) is 16.8 Å². The van der Waals surface area contributed by atoms with E-state index in [0.717, 1.165) is 10.8 Å². The minimum atomic E-state index is -0.233. The predicted octanol–water partition coefficient (Wildman–Crippen LogP) is 3.76. The molecule has 0 radical (unpaired) electrons. The largest absolute Gasteiger partial charge is 0.352 e. The lowest BCUT2D eigenvalue weighted by Crippen LogP contribution is -2.33. The Morgan fingerprint density at radius 2 is 1.69 bits per heavy atom. The number of rotatable bonds is 6. The molecule has 3 aromatic rings. The van der Waals surface area contributed by atoms with Crippen molar-refractivity contribution >= 4 is 39.9 Å². The lowest BCUT2D eigenvalue weighted by molar-refractivity contribution is -0.120. The Bertz CT molecular complexity index is 943. The molecule has 0 saturated carbocycles. The van der Waals surface area contributed by atoms with Gasteiger partial charge in [0.2, 0.25) is 5.91 Å². The summed E-state index contributed by atoms with van der Waals surface area (Å²) < 4.78 is 0. The minimum Gasteiger partial charge on any atom is -0.352 e. The third-order valence-corrected chi connectivity index (χ3v) is 4.06. The highest BCUT2D eigenvalue weighted by molar-refractivity contribution is 6.30. The zero-order chi connectivity index (χ0) is 18.4. The molecule has 0 aromatic heterocycles. The molecular formula is C20H18ClN3O2. The van der Waals surface area contributed by atoms with Crippen molar-refractivity contribution in [3.8, 4) is 0 Å². The lowest BCUT2D eigenvalue weighted by atomic mass is 10.1. The third-order valence-electron chi connectivity index (χ3n) is 3.82. The van der Waals surface area contributed by atoms with E-state index in [2.05, 4.69) is 16.2 Å². The molecule has 3 rings (SSSR count). The van der Waals surface area contributed by atoms with E-state index in [1.54, 1.807) is 30.3 Å². The second kappa shape index (κ2) is 8.36. The number of fused-ring (bicyclic) bond motifs is 1. The summed E-state index contributed by atoms with van der Waals surface area (Å²) in [4.78, 5) is 24.0. The summed E-state index contributed by atoms with van der Waals surface area (Å²) in [5, 5.41) is 5.41. The van der Waals surface area contributed by atoms with Crippen LogP contribution >= 0.6 is 11.6 Å². The van der Waals surface area contributed by atoms with Crippen LogP contribution in [0.2, 0.25) is 5.02 Å². The molecule has 0 spiro atoms. The highest BCUT2D eigenvalue weighted by Gasteiger charge is 2.07. The SMILES string of the molecule is O=C(CCNC(=O)c1ccc2ccccc2c1)NNc1cccc(Cl)c1. The standard InChI is InChI=1S/C20H18ClN3O2/c21-17-6-3-7-18(13-17)23-24-19(25)10-11-22-20(26)16-9-8-14-4-1-2-5-15(14)12-16/h1-9,12-13,23H,10-11H2,(H,22,26)(H,24,25). The molecule has 5 nitrogen and oxygen atoms in total. The summed E-state index contributed by atoms with van der Waals surface area (Å²) in [5.41, 5.74) is 6.60. The van der Waals surface area contributed by atoms with E-state index in [0.29, 0.717) is 16.3 Å². The molecule has 0 bridgehead atoms. The number of carbonyl (C=O) groups is 2. The van der Waals surface area contributed by atoms with Crippen LogP contribution in [-0.4, -0.2) is 18.4 Å². The zero-order valence-electron chi connectivity index (χ0n) is 14.0. The molecule has 0 saturated heterocycles. The van der Waals surface area contributed by atoms with Gasteiger partial charge in [-0.2, -0.15) is 0 Å². The van der Waals surface area contributed by atoms with Crippen molar-refractivity contribution in [2.75, 3.05) is 12.0 Å². The summed E-state index contributed by atoms with van der Waals surface area (Å²) in [6.45, 7) is 0.245. The second-order valence-corrected chi connectivity index (χ2v) is 6.19. The van der Waals surface area contributed by atoms with E-state index in [9.17, 15) is 9.59 Å². The molecule has 0 aliphatic rings. The number of halogens is 1. The number of anilines is 1. The Balaban J connectivity index is 1.46. The maximum atomic E-state index is 12.2. The van der Waals surface area contributed by atoms with Gasteiger partial charge in [0, 0.05) is 23.6 Å². The molecule has 132 valence electrons. The first-order valence-corrected chi connectivity index (χ1v) is 8.57. The topological polar surface area (TPSA) is 70.2 Å². The van der Waals surface area contributed by atoms with Crippen molar-refractivity contribution in [3.05, 3.63) is 77.3 Å². The normalized spacial score (nSPS) is 10.3. The Morgan fingerprint density at radius 3 is 2.50 bits per heavy atom. The molecule has 0 aliphatic heterocycles. The number of hydrazine groups is 1. The summed E-state index contributed by atoms with van der Waals surface area (Å²) in [5.74, 6) is -0.435. The van der Waals surface area contributed by atoms with Gasteiger partial charge < -0.3 is 5.32 Å². The molecule has 3 N–H and O–H groups in total. The molecule has 0 heterocycles. The van der Waals surface area contributed by atoms with Crippen LogP contribution < -0.4 is 16.2 Å². The van der Waals surface area contributed by atoms with E-state index in [-0.39, 0.29) is 24.8 Å². The number of amides is 2. The number of hydrogen-bond donors (Lipinski definition) is 3. The van der Waals surface area contributed by atoms with Crippen LogP contribution in [0.15, 0.2) is 66.7 Å². The average Bonchev–Trinajstić information content (AvgIpc) is 2.66. The average molecular weight is 368 g/mol. The first-order valence-electron chi connectivity index (χ1n) is 8.19. The summed E-state index contributed by atoms with van der Waals surface area (Å²) in [6, 6.07) is 20.4. The second-order valence-electron chi connectivity index (χ2n) is 5.75. The van der Waals surface area contributed by atoms with Gasteiger partial charge in [-0.1, -0.05) is 48.0 Å². The van der Waals surface area contributed by atoms with Gasteiger partial charge in [-0.25, -0.2) is 0 Å². The predicted molar refractivity (Wildman–Crippen MR) is 104 cm³/mol. The van der Waals surface area contributed by atoms with E-state index in [1.165, 1.54) is 0 Å². The third kappa shape index (κ3) is 4.74. The van der Waals surface area contributed by atoms with Crippen LogP contribution in [0.3, 0.4) is 0 Å². The van der Waals surface area contributed by atoms with Crippen LogP contribution in [-0.2, 0) is 4.79 Å². The van der Waals surface area contributed by atoms with Crippen molar-refractivity contribution < 1.29 is 9.59 Å². The Labute approximate surface area is 156 Å². The zero-order valence-corrected chi connectivity index (χ0v) is 14.7. The lowest BCUT2D eigenvalue weighted by Gasteiger charge is -2.09. The molecule has 6 heteroatoms. The molecule has 0 aliphatic carbocycles. The van der Waals surface area contributed by atoms with Gasteiger partial charge >= 0.3 is 0 Å². The van der Waals surface area contributed by atoms with E-state index in [4.69, 9.17) is 11.6 Å². The molecule has 0 unspecified atom stereocenters. The Morgan fingerprint density at radius 1 is 0.885 bits per heavy atom. The first kappa shape index (κ1) is 17.8. The number of nitrogens with one attached hydrogen (secondary N) is 3. The summed E-state index contributed by atoms with van der Waals surface area (Å²) in [7, 11) is 0. The highest BCUT2D eigenvalue weighted by atomic mass is 35.5. The number of carbonyl (C=O) groups excluding carboxylic acids is 2. The van der Waals surface area contributed by atoms with Crippen molar-refractivity contribution in [2.45, 2.75) is 6.42 Å². The Kier molecular flexibility index (Phi) is 5.71. The van der Waals surface area contributed by atoms with E-state index in [1.807, 2.05) is 36.4 Å². The van der Waals surface area contributed by atoms with Gasteiger partial charge in [0.1, 0.15) is 0 Å². The molecule has 0 atom stereocenters. The summed E-state index contributed by atoms with van der Waals surface area (Å²) in [6.07, 6.45) is 0.160. The summed E-state index contributed by atoms with van der Waals surface area (Å²) >= 11 is 5.87. The van der Waals surface area contributed by atoms with Gasteiger partial charge in [0.25, 0.3) is 5.91 Å². The fourth-order valence-electron chi connectivity index (χ4n) is 2.49. The van der Waals surface area contributed by atoms with Crippen LogP contribution in [0, 0.1) is 0 Å². The maximum absolute atomic E-state index is 12.2. The van der Waals surface area contributed by atoms with Gasteiger partial charge in [0.05, 0.1) is 5.69 Å². The van der Waals surface area contributed by atoms with E-state index < -0.39 is 0 Å². The van der Waals surface area contributed by atoms with Crippen molar-refractivity contribution in [1.82, 2.24) is 10.7 Å². The Hall–Kier alpha value is -3.05. The van der Waals surface area contributed by atoms with Gasteiger partial charge in [0.15, 0.2) is 0 Å². The van der Waals surface area contributed by atoms with Crippen molar-refractivity contribution in [3.63, 3.8) is 0 Å². The van der Waals surface area contributed by atoms with Crippen LogP contribution in [0.25, 0.3) is 10.8 Å². The van der Waals surface area contributed by atoms with E-state index >= 15 is 0 Å². The van der Waals surface area contributed by atoms with Gasteiger partial charge in [-0.15, -0.1) is 0 Å². The highest BCUT2D eigenvalue weighted by Crippen LogP contribution is 2.15. The van der Waals surface area contributed by atoms with Gasteiger partial charge in [-0.05, 0) is 41.1 Å². The number of hydrogen-bond acceptors (Lipinski definition) is 3. The van der Waals surface area contributed by atoms with Crippen molar-refractivity contribution in [1.29, 1.82) is 0 Å². The monoisotopic (exact) mass is 367 g/mol.